The van der Waals surface area contributed by atoms with Gasteiger partial charge in [-0.25, -0.2) is 0 Å². The van der Waals surface area contributed by atoms with Crippen molar-refractivity contribution in [2.45, 2.75) is 90.9 Å². The molecule has 2 N–H and O–H groups in total. The zero-order chi connectivity index (χ0) is 33.0. The van der Waals surface area contributed by atoms with Gasteiger partial charge < -0.3 is 33.3 Å². The summed E-state index contributed by atoms with van der Waals surface area (Å²) in [6, 6.07) is 7.70. The van der Waals surface area contributed by atoms with Gasteiger partial charge in [0.1, 0.15) is 0 Å². The van der Waals surface area contributed by atoms with Gasteiger partial charge in [0.15, 0.2) is 17.3 Å². The molecule has 0 amide bonds. The van der Waals surface area contributed by atoms with Crippen LogP contribution in [0.5, 0.6) is 11.5 Å². The molecule has 0 spiro atoms. The number of carbonyl (C=O) groups excluding carboxylic acids is 1. The molecule has 45 heavy (non-hydrogen) atoms. The first-order valence-corrected chi connectivity index (χ1v) is 16.9. The Kier molecular flexibility index (Phi) is 13.8. The topological polar surface area (TPSA) is 160 Å². The molecule has 0 aliphatic rings. The minimum Gasteiger partial charge on any atom is -0.756 e. The summed E-state index contributed by atoms with van der Waals surface area (Å²) in [6.07, 6.45) is 14.4. The van der Waals surface area contributed by atoms with Gasteiger partial charge in [0, 0.05) is 55.0 Å². The summed E-state index contributed by atoms with van der Waals surface area (Å²) in [5, 5.41) is 20.5. The molecule has 0 saturated heterocycles. The number of pyridine rings is 2. The van der Waals surface area contributed by atoms with Gasteiger partial charge in [0.05, 0.1) is 18.0 Å². The van der Waals surface area contributed by atoms with Gasteiger partial charge in [0.2, 0.25) is 10.9 Å². The van der Waals surface area contributed by atoms with Crippen LogP contribution >= 0.6 is 7.82 Å². The molecule has 12 heteroatoms. The Morgan fingerprint density at radius 2 is 1.18 bits per heavy atom. The van der Waals surface area contributed by atoms with E-state index in [1.165, 1.54) is 24.5 Å². The lowest BCUT2D eigenvalue weighted by molar-refractivity contribution is -0.223. The number of ketones is 1. The quantitative estimate of drug-likeness (QED) is 0.0905. The van der Waals surface area contributed by atoms with Gasteiger partial charge in [0.25, 0.3) is 7.82 Å². The molecule has 11 nitrogen and oxygen atoms in total. The molecule has 0 bridgehead atoms. The number of unbranched alkanes of at least 4 members (excludes halogenated alkanes) is 10. The summed E-state index contributed by atoms with van der Waals surface area (Å²) in [5.74, 6) is -0.803. The highest BCUT2D eigenvalue weighted by molar-refractivity contribution is 7.45. The molecule has 2 heterocycles. The summed E-state index contributed by atoms with van der Waals surface area (Å²) in [7, 11) is -3.03. The minimum atomic E-state index is -4.12. The third-order valence-electron chi connectivity index (χ3n) is 7.93. The van der Waals surface area contributed by atoms with Crippen LogP contribution in [0.15, 0.2) is 52.3 Å². The maximum absolute atomic E-state index is 13.3. The Morgan fingerprint density at radius 1 is 0.756 bits per heavy atom. The highest BCUT2D eigenvalue weighted by atomic mass is 31.2. The third-order valence-corrected chi connectivity index (χ3v) is 8.87. The van der Waals surface area contributed by atoms with Crippen molar-refractivity contribution in [1.29, 1.82) is 0 Å². The Labute approximate surface area is 263 Å². The van der Waals surface area contributed by atoms with Gasteiger partial charge in [-0.15, -0.1) is 0 Å². The van der Waals surface area contributed by atoms with E-state index >= 15 is 0 Å². The molecule has 3 aromatic rings. The lowest BCUT2D eigenvalue weighted by atomic mass is 10.0. The first-order valence-electron chi connectivity index (χ1n) is 15.5. The lowest BCUT2D eigenvalue weighted by Gasteiger charge is -2.19. The molecular weight excluding hydrogens is 599 g/mol. The van der Waals surface area contributed by atoms with E-state index in [-0.39, 0.29) is 23.9 Å². The van der Waals surface area contributed by atoms with E-state index in [0.717, 1.165) is 71.3 Å². The molecule has 0 aliphatic heterocycles. The van der Waals surface area contributed by atoms with Gasteiger partial charge in [-0.05, 0) is 44.9 Å². The van der Waals surface area contributed by atoms with Gasteiger partial charge >= 0.3 is 0 Å². The maximum atomic E-state index is 13.3. The van der Waals surface area contributed by atoms with E-state index in [1.807, 2.05) is 0 Å². The van der Waals surface area contributed by atoms with Crippen LogP contribution in [0.3, 0.4) is 0 Å². The average molecular weight is 644 g/mol. The monoisotopic (exact) mass is 643 g/mol. The maximum Gasteiger partial charge on any atom is 0.267 e. The molecule has 3 rings (SSSR count). The van der Waals surface area contributed by atoms with Crippen LogP contribution < -0.4 is 15.8 Å². The van der Waals surface area contributed by atoms with Crippen LogP contribution in [0.4, 0.5) is 0 Å². The molecule has 0 saturated carbocycles. The van der Waals surface area contributed by atoms with Crippen molar-refractivity contribution in [2.75, 3.05) is 13.7 Å². The average Bonchev–Trinajstić information content (AvgIpc) is 3.02. The molecular formula is C33H44N2O9P-. The molecule has 2 aromatic heterocycles. The number of Topliss-reactive ketones (excluding diaryl/α,β-unsaturated/α-hetero) is 1. The molecule has 1 unspecified atom stereocenters. The van der Waals surface area contributed by atoms with E-state index < -0.39 is 18.7 Å². The number of hydrogen-bond donors (Lipinski definition) is 2. The number of hydrogen-bond acceptors (Lipinski definition) is 9. The number of aromatic hydroxyl groups is 2. The first kappa shape index (κ1) is 36.0. The molecule has 0 fully saturated rings. The summed E-state index contributed by atoms with van der Waals surface area (Å²) in [4.78, 5) is 48.3. The highest BCUT2D eigenvalue weighted by Crippen LogP contribution is 2.36. The number of aromatic nitrogens is 2. The van der Waals surface area contributed by atoms with Crippen molar-refractivity contribution in [3.05, 3.63) is 80.1 Å². The predicted octanol–water partition coefficient (Wildman–Crippen LogP) is 6.01. The van der Waals surface area contributed by atoms with E-state index in [4.69, 9.17) is 4.52 Å². The summed E-state index contributed by atoms with van der Waals surface area (Å²) >= 11 is 0. The van der Waals surface area contributed by atoms with Crippen molar-refractivity contribution >= 4 is 13.6 Å². The molecule has 0 radical (unpaired) electrons. The standard InChI is InChI=1S/C33H45N2O9P/c1-24-32(39)30(37)16-18-34(24)27-21-26(22-28(23-27)35-19-17-31(38)33(40)25(35)2)29(36)15-13-11-9-7-5-4-6-8-10-12-14-20-44-45(41,42)43-3/h16-19,21-23,39-40H,4-15,20H2,1-3H3,(H,41,42)/p-1. The number of phosphoric acid groups is 1. The molecule has 0 aliphatic carbocycles. The number of benzene rings is 1. The Hall–Kier alpha value is -3.50. The van der Waals surface area contributed by atoms with Crippen molar-refractivity contribution in [1.82, 2.24) is 9.13 Å². The molecule has 246 valence electrons. The zero-order valence-electron chi connectivity index (χ0n) is 26.3. The number of phosphoric ester groups is 1. The van der Waals surface area contributed by atoms with Crippen LogP contribution in [-0.2, 0) is 13.6 Å². The van der Waals surface area contributed by atoms with Crippen molar-refractivity contribution in [3.8, 4) is 22.9 Å². The van der Waals surface area contributed by atoms with Crippen LogP contribution in [0.25, 0.3) is 11.4 Å². The van der Waals surface area contributed by atoms with Crippen LogP contribution in [0.1, 0.15) is 98.8 Å². The van der Waals surface area contributed by atoms with Crippen LogP contribution in [0.2, 0.25) is 0 Å². The lowest BCUT2D eigenvalue weighted by Crippen LogP contribution is -2.12. The van der Waals surface area contributed by atoms with E-state index in [1.54, 1.807) is 41.2 Å². The van der Waals surface area contributed by atoms with E-state index in [2.05, 4.69) is 4.52 Å². The fraction of sp³-hybridized carbons (Fsp3) is 0.485. The first-order chi connectivity index (χ1) is 21.4. The van der Waals surface area contributed by atoms with Gasteiger partial charge in [-0.1, -0.05) is 57.8 Å². The SMILES string of the molecule is COP(=O)([O-])OCCCCCCCCCCCCCC(=O)c1cc(-n2ccc(=O)c(O)c2C)cc(-n2ccc(=O)c(O)c2C)c1. The fourth-order valence-corrected chi connectivity index (χ4v) is 5.65. The highest BCUT2D eigenvalue weighted by Gasteiger charge is 2.15. The number of carbonyl (C=O) groups is 1. The molecule has 1 atom stereocenters. The van der Waals surface area contributed by atoms with Gasteiger partial charge in [-0.3, -0.25) is 18.9 Å². The summed E-state index contributed by atoms with van der Waals surface area (Å²) < 4.78 is 23.3. The van der Waals surface area contributed by atoms with E-state index in [9.17, 15) is 34.1 Å². The third kappa shape index (κ3) is 10.5. The van der Waals surface area contributed by atoms with Crippen LogP contribution in [0, 0.1) is 13.8 Å². The second-order valence-corrected chi connectivity index (χ2v) is 12.7. The van der Waals surface area contributed by atoms with Crippen molar-refractivity contribution < 1.29 is 33.5 Å². The Morgan fingerprint density at radius 3 is 1.62 bits per heavy atom. The van der Waals surface area contributed by atoms with Crippen molar-refractivity contribution in [2.24, 2.45) is 0 Å². The van der Waals surface area contributed by atoms with Crippen LogP contribution in [-0.4, -0.2) is 38.8 Å². The van der Waals surface area contributed by atoms with Gasteiger partial charge in [-0.2, -0.15) is 0 Å². The minimum absolute atomic E-state index is 0.0466. The number of nitrogens with zero attached hydrogens (tertiary/aromatic N) is 2. The summed E-state index contributed by atoms with van der Waals surface area (Å²) in [6.45, 7) is 3.38. The van der Waals surface area contributed by atoms with E-state index in [0.29, 0.717) is 41.2 Å². The Balaban J connectivity index is 1.51. The second kappa shape index (κ2) is 17.3. The number of rotatable bonds is 19. The zero-order valence-corrected chi connectivity index (χ0v) is 27.2. The normalized spacial score (nSPS) is 12.7. The predicted molar refractivity (Wildman–Crippen MR) is 171 cm³/mol. The second-order valence-electron chi connectivity index (χ2n) is 11.2. The fourth-order valence-electron chi connectivity index (χ4n) is 5.20. The molecule has 1 aromatic carbocycles. The smallest absolute Gasteiger partial charge is 0.267 e. The largest absolute Gasteiger partial charge is 0.756 e. The summed E-state index contributed by atoms with van der Waals surface area (Å²) in [5.41, 5.74) is 1.19. The Bertz CT molecular complexity index is 1530. The van der Waals surface area contributed by atoms with Crippen molar-refractivity contribution in [3.63, 3.8) is 0 Å².